The van der Waals surface area contributed by atoms with Gasteiger partial charge in [-0.1, -0.05) is 78.0 Å². The van der Waals surface area contributed by atoms with E-state index in [4.69, 9.17) is 23.8 Å². The molecule has 0 aliphatic carbocycles. The van der Waals surface area contributed by atoms with Gasteiger partial charge in [-0.05, 0) is 48.2 Å². The smallest absolute Gasteiger partial charge is 0.271 e. The molecule has 2 heterocycles. The normalized spacial score (nSPS) is 14.2. The number of carbonyl (C=O) groups excluding carboxylic acids is 2. The Kier molecular flexibility index (Phi) is 8.47. The van der Waals surface area contributed by atoms with Gasteiger partial charge in [0.1, 0.15) is 16.0 Å². The van der Waals surface area contributed by atoms with Gasteiger partial charge in [-0.15, -0.1) is 0 Å². The van der Waals surface area contributed by atoms with E-state index in [1.54, 1.807) is 54.6 Å². The summed E-state index contributed by atoms with van der Waals surface area (Å²) < 4.78 is 1.43. The molecule has 0 bridgehead atoms. The topological polar surface area (TPSA) is 103 Å². The van der Waals surface area contributed by atoms with Gasteiger partial charge in [0.25, 0.3) is 11.5 Å². The average Bonchev–Trinajstić information content (AvgIpc) is 3.16. The van der Waals surface area contributed by atoms with Crippen LogP contribution in [0.4, 0.5) is 0 Å². The van der Waals surface area contributed by atoms with Crippen LogP contribution < -0.4 is 5.56 Å². The lowest BCUT2D eigenvalue weighted by Gasteiger charge is -2.17. The lowest BCUT2D eigenvalue weighted by atomic mass is 9.99. The number of halogens is 1. The van der Waals surface area contributed by atoms with E-state index >= 15 is 0 Å². The number of benzene rings is 2. The molecule has 0 spiro atoms. The zero-order chi connectivity index (χ0) is 27.4. The summed E-state index contributed by atoms with van der Waals surface area (Å²) in [6.45, 7) is 1.70. The third kappa shape index (κ3) is 5.73. The molecule has 0 radical (unpaired) electrons. The van der Waals surface area contributed by atoms with Crippen molar-refractivity contribution >= 4 is 57.7 Å². The monoisotopic (exact) mass is 563 g/mol. The number of ketones is 1. The van der Waals surface area contributed by atoms with Gasteiger partial charge in [-0.25, -0.2) is 0 Å². The predicted molar refractivity (Wildman–Crippen MR) is 152 cm³/mol. The van der Waals surface area contributed by atoms with Gasteiger partial charge in [-0.3, -0.25) is 23.9 Å². The lowest BCUT2D eigenvalue weighted by Crippen LogP contribution is -2.30. The van der Waals surface area contributed by atoms with Crippen LogP contribution in [0.25, 0.3) is 6.08 Å². The van der Waals surface area contributed by atoms with Crippen molar-refractivity contribution in [1.29, 1.82) is 5.26 Å². The third-order valence-electron chi connectivity index (χ3n) is 6.09. The molecule has 1 aromatic heterocycles. The molecule has 0 saturated carbocycles. The summed E-state index contributed by atoms with van der Waals surface area (Å²) in [7, 11) is 0. The molecule has 1 aliphatic heterocycles. The highest BCUT2D eigenvalue weighted by Crippen LogP contribution is 2.33. The molecule has 7 nitrogen and oxygen atoms in total. The minimum absolute atomic E-state index is 0.0112. The minimum atomic E-state index is -0.659. The van der Waals surface area contributed by atoms with E-state index in [1.165, 1.54) is 23.6 Å². The van der Waals surface area contributed by atoms with Crippen LogP contribution in [0.3, 0.4) is 0 Å². The second-order valence-corrected chi connectivity index (χ2v) is 10.7. The van der Waals surface area contributed by atoms with E-state index in [9.17, 15) is 24.8 Å². The summed E-state index contributed by atoms with van der Waals surface area (Å²) in [6.07, 6.45) is 2.00. The van der Waals surface area contributed by atoms with Crippen LogP contribution in [-0.4, -0.2) is 37.1 Å². The first-order valence-electron chi connectivity index (χ1n) is 11.7. The van der Waals surface area contributed by atoms with Crippen LogP contribution in [0, 0.1) is 18.3 Å². The highest BCUT2D eigenvalue weighted by atomic mass is 35.5. The van der Waals surface area contributed by atoms with E-state index in [0.29, 0.717) is 14.2 Å². The van der Waals surface area contributed by atoms with E-state index < -0.39 is 17.2 Å². The van der Waals surface area contributed by atoms with E-state index in [1.807, 2.05) is 12.1 Å². The van der Waals surface area contributed by atoms with Gasteiger partial charge in [-0.2, -0.15) is 5.26 Å². The number of hydrogen-bond donors (Lipinski definition) is 1. The Bertz CT molecular complexity index is 1560. The van der Waals surface area contributed by atoms with Gasteiger partial charge in [0.05, 0.1) is 17.0 Å². The van der Waals surface area contributed by atoms with Gasteiger partial charge in [0, 0.05) is 18.0 Å². The molecule has 192 valence electrons. The SMILES string of the molecule is Cc1c(C(=O)CCCN2C(=O)/C(=C/c3ccc(Cl)cc3)SC2=S)c(O)n(Cc2ccccc2)c(=O)c1C#N. The summed E-state index contributed by atoms with van der Waals surface area (Å²) in [5.74, 6) is -1.15. The van der Waals surface area contributed by atoms with Crippen molar-refractivity contribution in [2.45, 2.75) is 26.3 Å². The summed E-state index contributed by atoms with van der Waals surface area (Å²) in [6, 6.07) is 17.9. The number of aromatic nitrogens is 1. The largest absolute Gasteiger partial charge is 0.494 e. The van der Waals surface area contributed by atoms with Crippen molar-refractivity contribution in [3.8, 4) is 11.9 Å². The van der Waals surface area contributed by atoms with Crippen LogP contribution in [0.2, 0.25) is 5.02 Å². The summed E-state index contributed by atoms with van der Waals surface area (Å²) in [5, 5.41) is 21.1. The number of nitrogens with zero attached hydrogens (tertiary/aromatic N) is 3. The maximum atomic E-state index is 13.2. The fourth-order valence-electron chi connectivity index (χ4n) is 4.12. The number of pyridine rings is 1. The molecule has 1 aliphatic rings. The summed E-state index contributed by atoms with van der Waals surface area (Å²) in [5.41, 5.74) is 0.775. The zero-order valence-electron chi connectivity index (χ0n) is 20.3. The third-order valence-corrected chi connectivity index (χ3v) is 7.72. The highest BCUT2D eigenvalue weighted by molar-refractivity contribution is 8.26. The Morgan fingerprint density at radius 1 is 1.16 bits per heavy atom. The number of nitriles is 1. The number of thioether (sulfide) groups is 1. The minimum Gasteiger partial charge on any atom is -0.494 e. The van der Waals surface area contributed by atoms with Crippen LogP contribution in [0.15, 0.2) is 64.3 Å². The molecular weight excluding hydrogens is 542 g/mol. The van der Waals surface area contributed by atoms with Crippen LogP contribution in [0.5, 0.6) is 5.88 Å². The Labute approximate surface area is 234 Å². The molecule has 1 N–H and O–H groups in total. The second-order valence-electron chi connectivity index (χ2n) is 8.60. The summed E-state index contributed by atoms with van der Waals surface area (Å²) >= 11 is 12.5. The molecule has 1 saturated heterocycles. The molecule has 1 fully saturated rings. The van der Waals surface area contributed by atoms with Crippen LogP contribution in [-0.2, 0) is 11.3 Å². The average molecular weight is 564 g/mol. The standard InChI is InChI=1S/C28H22ClN3O4S2/c1-17-21(15-30)25(34)32(16-19-6-3-2-4-7-19)27(36)24(17)22(33)8-5-13-31-26(35)23(38-28(31)37)14-18-9-11-20(29)12-10-18/h2-4,6-7,9-12,14,36H,5,8,13,16H2,1H3/b23-14-. The van der Waals surface area contributed by atoms with Crippen molar-refractivity contribution in [2.75, 3.05) is 6.54 Å². The van der Waals surface area contributed by atoms with E-state index in [0.717, 1.165) is 15.7 Å². The predicted octanol–water partition coefficient (Wildman–Crippen LogP) is 5.30. The van der Waals surface area contributed by atoms with Crippen molar-refractivity contribution < 1.29 is 14.7 Å². The molecule has 1 amide bonds. The number of aromatic hydroxyl groups is 1. The van der Waals surface area contributed by atoms with Crippen molar-refractivity contribution in [2.24, 2.45) is 0 Å². The van der Waals surface area contributed by atoms with Crippen LogP contribution in [0.1, 0.15) is 45.5 Å². The Hall–Kier alpha value is -3.71. The van der Waals surface area contributed by atoms with Gasteiger partial charge in [0.15, 0.2) is 5.78 Å². The molecular formula is C28H22ClN3O4S2. The van der Waals surface area contributed by atoms with Gasteiger partial charge in [0.2, 0.25) is 5.88 Å². The van der Waals surface area contributed by atoms with Crippen molar-refractivity contribution in [1.82, 2.24) is 9.47 Å². The zero-order valence-corrected chi connectivity index (χ0v) is 22.7. The first-order chi connectivity index (χ1) is 18.2. The summed E-state index contributed by atoms with van der Waals surface area (Å²) in [4.78, 5) is 40.9. The molecule has 2 aromatic carbocycles. The van der Waals surface area contributed by atoms with Crippen molar-refractivity contribution in [3.05, 3.63) is 103 Å². The Morgan fingerprint density at radius 2 is 1.84 bits per heavy atom. The number of rotatable bonds is 8. The molecule has 38 heavy (non-hydrogen) atoms. The number of hydrogen-bond acceptors (Lipinski definition) is 7. The first-order valence-corrected chi connectivity index (χ1v) is 13.3. The number of thiocarbonyl (C=S) groups is 1. The number of amides is 1. The lowest BCUT2D eigenvalue weighted by molar-refractivity contribution is -0.122. The maximum absolute atomic E-state index is 13.2. The fourth-order valence-corrected chi connectivity index (χ4v) is 5.56. The quantitative estimate of drug-likeness (QED) is 0.225. The Morgan fingerprint density at radius 3 is 2.50 bits per heavy atom. The maximum Gasteiger partial charge on any atom is 0.271 e. The molecule has 3 aromatic rings. The van der Waals surface area contributed by atoms with Crippen molar-refractivity contribution in [3.63, 3.8) is 0 Å². The Balaban J connectivity index is 1.50. The van der Waals surface area contributed by atoms with Gasteiger partial charge < -0.3 is 5.11 Å². The number of Topliss-reactive ketones (excluding diaryl/α,β-unsaturated/α-hetero) is 1. The number of carbonyl (C=O) groups is 2. The van der Waals surface area contributed by atoms with Gasteiger partial charge >= 0.3 is 0 Å². The fraction of sp³-hybridized carbons (Fsp3) is 0.179. The molecule has 0 atom stereocenters. The van der Waals surface area contributed by atoms with E-state index in [2.05, 4.69) is 0 Å². The molecule has 10 heteroatoms. The second kappa shape index (κ2) is 11.8. The first kappa shape index (κ1) is 27.3. The molecule has 4 rings (SSSR count). The molecule has 0 unspecified atom stereocenters. The van der Waals surface area contributed by atoms with Crippen LogP contribution >= 0.6 is 35.6 Å². The van der Waals surface area contributed by atoms with E-state index in [-0.39, 0.29) is 48.5 Å². The highest BCUT2D eigenvalue weighted by Gasteiger charge is 2.32.